The number of nitrogens with zero attached hydrogens (tertiary/aromatic N) is 5. The summed E-state index contributed by atoms with van der Waals surface area (Å²) in [7, 11) is -4.43. The SMILES string of the molecule is Cc1ccc(-c2cc(C(F)(F)F)nn2-c2ccc(S(=O)(=O)NC(=O)OCC3CCN([N+]([O-])=NOC(C)OC(=O)OC(C)(C)C)C3)cc2)cc1. The van der Waals surface area contributed by atoms with E-state index in [0.29, 0.717) is 12.0 Å². The largest absolute Gasteiger partial charge is 0.569 e. The average Bonchev–Trinajstić information content (AvgIpc) is 3.66. The standard InChI is InChI=1S/C30H35F3N6O9S/c1-19-6-8-22(9-7-19)25-16-26(30(31,32)33)34-38(25)23-10-12-24(13-11-23)49(43,44)35-27(40)45-18-21-14-15-37(17-21)39(42)36-48-20(2)46-28(41)47-29(3,4)5/h6-13,16,20-21H,14-15,17-18H2,1-5H3,(H,35,40). The van der Waals surface area contributed by atoms with Crippen LogP contribution in [0.2, 0.25) is 0 Å². The molecule has 0 aliphatic carbocycles. The maximum Gasteiger partial charge on any atom is 0.511 e. The molecule has 19 heteroatoms. The van der Waals surface area contributed by atoms with Gasteiger partial charge in [0, 0.05) is 18.4 Å². The van der Waals surface area contributed by atoms with Crippen molar-refractivity contribution in [1.29, 1.82) is 0 Å². The fourth-order valence-corrected chi connectivity index (χ4v) is 5.39. The van der Waals surface area contributed by atoms with E-state index in [2.05, 4.69) is 10.4 Å². The Morgan fingerprint density at radius 3 is 2.39 bits per heavy atom. The smallest absolute Gasteiger partial charge is 0.511 e. The van der Waals surface area contributed by atoms with E-state index in [0.717, 1.165) is 28.4 Å². The lowest BCUT2D eigenvalue weighted by molar-refractivity contribution is -0.710. The number of amides is 1. The molecule has 49 heavy (non-hydrogen) atoms. The molecule has 0 saturated carbocycles. The first-order valence-corrected chi connectivity index (χ1v) is 16.3. The van der Waals surface area contributed by atoms with E-state index in [-0.39, 0.29) is 46.9 Å². The number of aromatic nitrogens is 2. The topological polar surface area (TPSA) is 177 Å². The Hall–Kier alpha value is -5.07. The Balaban J connectivity index is 1.31. The summed E-state index contributed by atoms with van der Waals surface area (Å²) in [6.45, 7) is 8.17. The molecule has 1 aromatic heterocycles. The van der Waals surface area contributed by atoms with Crippen molar-refractivity contribution in [2.45, 2.75) is 64.0 Å². The van der Waals surface area contributed by atoms with E-state index in [1.54, 1.807) is 49.8 Å². The van der Waals surface area contributed by atoms with Crippen molar-refractivity contribution in [1.82, 2.24) is 19.5 Å². The normalized spacial score (nSPS) is 16.2. The van der Waals surface area contributed by atoms with Crippen molar-refractivity contribution in [3.05, 3.63) is 71.1 Å². The van der Waals surface area contributed by atoms with E-state index < -0.39 is 46.0 Å². The van der Waals surface area contributed by atoms with Crippen molar-refractivity contribution >= 4 is 22.3 Å². The second-order valence-corrected chi connectivity index (χ2v) is 13.7. The van der Waals surface area contributed by atoms with Crippen molar-refractivity contribution in [3.8, 4) is 16.9 Å². The molecule has 1 amide bonds. The molecular formula is C30H35F3N6O9S. The minimum atomic E-state index is -4.72. The molecule has 1 N–H and O–H groups in total. The zero-order valence-corrected chi connectivity index (χ0v) is 27.9. The molecule has 2 unspecified atom stereocenters. The lowest BCUT2D eigenvalue weighted by Crippen LogP contribution is -2.33. The summed E-state index contributed by atoms with van der Waals surface area (Å²) in [5.41, 5.74) is -0.263. The highest BCUT2D eigenvalue weighted by atomic mass is 32.2. The van der Waals surface area contributed by atoms with Gasteiger partial charge in [-0.2, -0.15) is 18.3 Å². The van der Waals surface area contributed by atoms with Crippen LogP contribution in [0.15, 0.2) is 64.8 Å². The van der Waals surface area contributed by atoms with E-state index in [1.165, 1.54) is 24.1 Å². The van der Waals surface area contributed by atoms with Crippen LogP contribution in [0, 0.1) is 18.0 Å². The summed E-state index contributed by atoms with van der Waals surface area (Å²) in [5, 5.41) is 20.6. The first-order valence-electron chi connectivity index (χ1n) is 14.8. The lowest BCUT2D eigenvalue weighted by atomic mass is 10.1. The molecule has 2 aromatic carbocycles. The number of halogens is 3. The van der Waals surface area contributed by atoms with Gasteiger partial charge in [-0.25, -0.2) is 27.4 Å². The van der Waals surface area contributed by atoms with E-state index in [1.807, 2.05) is 6.92 Å². The molecule has 4 rings (SSSR count). The third kappa shape index (κ3) is 10.2. The van der Waals surface area contributed by atoms with Crippen LogP contribution in [0.5, 0.6) is 0 Å². The number of aryl methyl sites for hydroxylation is 1. The Morgan fingerprint density at radius 2 is 1.78 bits per heavy atom. The Bertz CT molecular complexity index is 1770. The number of hydrazine groups is 1. The predicted octanol–water partition coefficient (Wildman–Crippen LogP) is 5.71. The number of carbonyl (C=O) groups is 2. The van der Waals surface area contributed by atoms with Gasteiger partial charge >= 0.3 is 18.4 Å². The van der Waals surface area contributed by atoms with Gasteiger partial charge in [0.05, 0.1) is 40.9 Å². The molecule has 3 aromatic rings. The molecule has 15 nitrogen and oxygen atoms in total. The number of sulfonamides is 1. The van der Waals surface area contributed by atoms with Gasteiger partial charge in [0.15, 0.2) is 5.69 Å². The quantitative estimate of drug-likeness (QED) is 0.0896. The van der Waals surface area contributed by atoms with E-state index in [9.17, 15) is 36.4 Å². The molecule has 2 heterocycles. The monoisotopic (exact) mass is 712 g/mol. The van der Waals surface area contributed by atoms with Crippen molar-refractivity contribution in [3.63, 3.8) is 0 Å². The van der Waals surface area contributed by atoms with Gasteiger partial charge in [-0.15, -0.1) is 5.01 Å². The van der Waals surface area contributed by atoms with E-state index >= 15 is 0 Å². The zero-order chi connectivity index (χ0) is 36.1. The molecule has 266 valence electrons. The van der Waals surface area contributed by atoms with Crippen LogP contribution in [0.25, 0.3) is 16.9 Å². The number of carbonyl (C=O) groups excluding carboxylic acids is 2. The van der Waals surface area contributed by atoms with Crippen LogP contribution < -0.4 is 4.72 Å². The van der Waals surface area contributed by atoms with Crippen molar-refractivity contribution in [2.24, 2.45) is 11.2 Å². The van der Waals surface area contributed by atoms with Gasteiger partial charge in [-0.3, -0.25) is 4.84 Å². The lowest BCUT2D eigenvalue weighted by Gasteiger charge is -2.20. The molecular weight excluding hydrogens is 677 g/mol. The molecule has 2 atom stereocenters. The van der Waals surface area contributed by atoms with Crippen LogP contribution in [0.3, 0.4) is 0 Å². The number of hydrogen-bond donors (Lipinski definition) is 1. The molecule has 0 radical (unpaired) electrons. The fourth-order valence-electron chi connectivity index (χ4n) is 4.50. The van der Waals surface area contributed by atoms with Gasteiger partial charge in [-0.05, 0) is 64.4 Å². The van der Waals surface area contributed by atoms with Crippen LogP contribution >= 0.6 is 0 Å². The second kappa shape index (κ2) is 14.6. The Labute approximate surface area is 279 Å². The maximum atomic E-state index is 13.5. The minimum Gasteiger partial charge on any atom is -0.569 e. The summed E-state index contributed by atoms with van der Waals surface area (Å²) in [5.74, 6) is -0.354. The third-order valence-electron chi connectivity index (χ3n) is 6.83. The Morgan fingerprint density at radius 1 is 1.12 bits per heavy atom. The van der Waals surface area contributed by atoms with Crippen molar-refractivity contribution in [2.75, 3.05) is 19.7 Å². The molecule has 1 aliphatic heterocycles. The molecule has 1 fully saturated rings. The minimum absolute atomic E-state index is 0.0905. The Kier molecular flexibility index (Phi) is 10.9. The van der Waals surface area contributed by atoms with Gasteiger partial charge in [0.1, 0.15) is 5.60 Å². The zero-order valence-electron chi connectivity index (χ0n) is 27.1. The maximum absolute atomic E-state index is 13.5. The van der Waals surface area contributed by atoms with Crippen LogP contribution in [-0.2, 0) is 35.2 Å². The number of nitrogens with one attached hydrogen (secondary N) is 1. The van der Waals surface area contributed by atoms with Gasteiger partial charge < -0.3 is 19.4 Å². The first-order chi connectivity index (χ1) is 22.8. The predicted molar refractivity (Wildman–Crippen MR) is 164 cm³/mol. The number of ether oxygens (including phenoxy) is 3. The number of rotatable bonds is 10. The molecule has 0 bridgehead atoms. The molecule has 0 spiro atoms. The van der Waals surface area contributed by atoms with Gasteiger partial charge in [-0.1, -0.05) is 29.8 Å². The van der Waals surface area contributed by atoms with E-state index in [4.69, 9.17) is 19.0 Å². The molecule has 1 aliphatic rings. The third-order valence-corrected chi connectivity index (χ3v) is 8.16. The van der Waals surface area contributed by atoms with Gasteiger partial charge in [0.2, 0.25) is 5.28 Å². The number of alkyl halides is 3. The van der Waals surface area contributed by atoms with Crippen molar-refractivity contribution < 1.29 is 55.2 Å². The fraction of sp³-hybridized carbons (Fsp3) is 0.433. The van der Waals surface area contributed by atoms with Gasteiger partial charge in [0.25, 0.3) is 16.3 Å². The molecule has 1 saturated heterocycles. The summed E-state index contributed by atoms with van der Waals surface area (Å²) >= 11 is 0. The highest BCUT2D eigenvalue weighted by Crippen LogP contribution is 2.33. The summed E-state index contributed by atoms with van der Waals surface area (Å²) in [6, 6.07) is 12.4. The first kappa shape index (κ1) is 36.8. The number of hydrogen-bond acceptors (Lipinski definition) is 11. The summed E-state index contributed by atoms with van der Waals surface area (Å²) < 4.78 is 83.9. The average molecular weight is 713 g/mol. The van der Waals surface area contributed by atoms with Crippen LogP contribution in [-0.4, -0.2) is 72.0 Å². The summed E-state index contributed by atoms with van der Waals surface area (Å²) in [6.07, 6.45) is -7.82. The second-order valence-electron chi connectivity index (χ2n) is 12.0. The highest BCUT2D eigenvalue weighted by Gasteiger charge is 2.35. The van der Waals surface area contributed by atoms with Crippen LogP contribution in [0.1, 0.15) is 45.4 Å². The highest BCUT2D eigenvalue weighted by molar-refractivity contribution is 7.90. The van der Waals surface area contributed by atoms with Crippen LogP contribution in [0.4, 0.5) is 22.8 Å². The summed E-state index contributed by atoms with van der Waals surface area (Å²) in [4.78, 5) is 28.7. The number of benzene rings is 2.